The minimum absolute atomic E-state index is 0.184. The van der Waals surface area contributed by atoms with E-state index in [9.17, 15) is 5.11 Å². The highest BCUT2D eigenvalue weighted by Gasteiger charge is 2.17. The van der Waals surface area contributed by atoms with E-state index in [4.69, 9.17) is 0 Å². The highest BCUT2D eigenvalue weighted by Crippen LogP contribution is 2.36. The van der Waals surface area contributed by atoms with Crippen molar-refractivity contribution in [1.29, 1.82) is 0 Å². The molecule has 84 valence electrons. The highest BCUT2D eigenvalue weighted by molar-refractivity contribution is 8.00. The molecule has 0 fully saturated rings. The van der Waals surface area contributed by atoms with E-state index in [1.165, 1.54) is 4.90 Å². The topological polar surface area (TPSA) is 20.2 Å². The number of benzene rings is 1. The highest BCUT2D eigenvalue weighted by atomic mass is 32.2. The van der Waals surface area contributed by atoms with Crippen LogP contribution in [0.4, 0.5) is 0 Å². The second-order valence-electron chi connectivity index (χ2n) is 4.68. The van der Waals surface area contributed by atoms with Crippen molar-refractivity contribution in [2.45, 2.75) is 49.9 Å². The van der Waals surface area contributed by atoms with Crippen molar-refractivity contribution < 1.29 is 5.11 Å². The van der Waals surface area contributed by atoms with E-state index in [1.54, 1.807) is 0 Å². The second-order valence-corrected chi connectivity index (χ2v) is 6.55. The monoisotopic (exact) mass is 224 g/mol. The molecule has 0 heterocycles. The molecule has 0 radical (unpaired) electrons. The maximum atomic E-state index is 9.89. The van der Waals surface area contributed by atoms with Crippen LogP contribution in [0.25, 0.3) is 0 Å². The predicted octanol–water partition coefficient (Wildman–Crippen LogP) is 4.02. The van der Waals surface area contributed by atoms with Crippen molar-refractivity contribution in [3.05, 3.63) is 29.8 Å². The number of aliphatic hydroxyl groups excluding tert-OH is 1. The summed E-state index contributed by atoms with van der Waals surface area (Å²) in [4.78, 5) is 1.19. The van der Waals surface area contributed by atoms with Crippen molar-refractivity contribution in [3.63, 3.8) is 0 Å². The molecule has 0 aliphatic heterocycles. The molecule has 0 aliphatic carbocycles. The molecule has 1 N–H and O–H groups in total. The molecule has 1 rings (SSSR count). The van der Waals surface area contributed by atoms with E-state index in [-0.39, 0.29) is 10.9 Å². The van der Waals surface area contributed by atoms with Gasteiger partial charge in [0.25, 0.3) is 0 Å². The van der Waals surface area contributed by atoms with Gasteiger partial charge >= 0.3 is 0 Å². The van der Waals surface area contributed by atoms with Crippen LogP contribution in [0.3, 0.4) is 0 Å². The molecule has 0 saturated carbocycles. The second kappa shape index (κ2) is 5.04. The molecule has 0 amide bonds. The quantitative estimate of drug-likeness (QED) is 0.782. The molecule has 0 bridgehead atoms. The zero-order chi connectivity index (χ0) is 11.5. The average Bonchev–Trinajstić information content (AvgIpc) is 2.15. The van der Waals surface area contributed by atoms with Gasteiger partial charge < -0.3 is 5.11 Å². The van der Waals surface area contributed by atoms with Crippen LogP contribution >= 0.6 is 11.8 Å². The van der Waals surface area contributed by atoms with Gasteiger partial charge in [0.1, 0.15) is 0 Å². The first-order chi connectivity index (χ1) is 6.94. The normalized spacial score (nSPS) is 13.9. The van der Waals surface area contributed by atoms with Gasteiger partial charge in [0, 0.05) is 9.64 Å². The Kier molecular flexibility index (Phi) is 4.23. The lowest BCUT2D eigenvalue weighted by Crippen LogP contribution is -2.08. The fourth-order valence-electron chi connectivity index (χ4n) is 1.40. The molecule has 15 heavy (non-hydrogen) atoms. The number of hydrogen-bond donors (Lipinski definition) is 1. The number of hydrogen-bond acceptors (Lipinski definition) is 2. The van der Waals surface area contributed by atoms with Gasteiger partial charge in [-0.25, -0.2) is 0 Å². The standard InChI is InChI=1S/C13H20OS/c1-5-11(14)10-8-6-7-9-12(10)15-13(2,3)4/h6-9,11,14H,5H2,1-4H3/t11-/m0/s1. The van der Waals surface area contributed by atoms with Gasteiger partial charge in [-0.1, -0.05) is 45.9 Å². The minimum atomic E-state index is -0.337. The van der Waals surface area contributed by atoms with Crippen molar-refractivity contribution in [3.8, 4) is 0 Å². The summed E-state index contributed by atoms with van der Waals surface area (Å²) in [5.41, 5.74) is 1.06. The van der Waals surface area contributed by atoms with Gasteiger partial charge in [-0.2, -0.15) is 0 Å². The molecule has 1 nitrogen and oxygen atoms in total. The summed E-state index contributed by atoms with van der Waals surface area (Å²) >= 11 is 1.81. The van der Waals surface area contributed by atoms with Crippen molar-refractivity contribution in [2.24, 2.45) is 0 Å². The summed E-state index contributed by atoms with van der Waals surface area (Å²) in [5.74, 6) is 0. The largest absolute Gasteiger partial charge is 0.388 e. The lowest BCUT2D eigenvalue weighted by atomic mass is 10.1. The molecule has 1 aromatic rings. The van der Waals surface area contributed by atoms with Crippen LogP contribution < -0.4 is 0 Å². The Morgan fingerprint density at radius 1 is 1.27 bits per heavy atom. The third-order valence-electron chi connectivity index (χ3n) is 2.08. The Labute approximate surface area is 96.9 Å². The van der Waals surface area contributed by atoms with E-state index in [2.05, 4.69) is 26.8 Å². The third-order valence-corrected chi connectivity index (χ3v) is 3.28. The smallest absolute Gasteiger partial charge is 0.0798 e. The first kappa shape index (κ1) is 12.6. The van der Waals surface area contributed by atoms with Gasteiger partial charge in [-0.15, -0.1) is 11.8 Å². The maximum Gasteiger partial charge on any atom is 0.0798 e. The summed E-state index contributed by atoms with van der Waals surface area (Å²) in [6, 6.07) is 8.12. The Hall–Kier alpha value is -0.470. The van der Waals surface area contributed by atoms with E-state index in [0.717, 1.165) is 12.0 Å². The van der Waals surface area contributed by atoms with Gasteiger partial charge in [0.15, 0.2) is 0 Å². The van der Waals surface area contributed by atoms with Gasteiger partial charge in [-0.3, -0.25) is 0 Å². The Balaban J connectivity index is 2.96. The van der Waals surface area contributed by atoms with Gasteiger partial charge in [0.2, 0.25) is 0 Å². The summed E-state index contributed by atoms with van der Waals surface area (Å²) in [7, 11) is 0. The van der Waals surface area contributed by atoms with Crippen molar-refractivity contribution >= 4 is 11.8 Å². The predicted molar refractivity (Wildman–Crippen MR) is 67.3 cm³/mol. The summed E-state index contributed by atoms with van der Waals surface area (Å²) < 4.78 is 0.184. The molecule has 2 heteroatoms. The van der Waals surface area contributed by atoms with Crippen LogP contribution in [0.5, 0.6) is 0 Å². The Morgan fingerprint density at radius 3 is 2.40 bits per heavy atom. The van der Waals surface area contributed by atoms with E-state index >= 15 is 0 Å². The summed E-state index contributed by atoms with van der Waals surface area (Å²) in [6.45, 7) is 8.57. The van der Waals surface area contributed by atoms with Crippen molar-refractivity contribution in [1.82, 2.24) is 0 Å². The van der Waals surface area contributed by atoms with Gasteiger partial charge in [0.05, 0.1) is 6.10 Å². The van der Waals surface area contributed by atoms with Crippen molar-refractivity contribution in [2.75, 3.05) is 0 Å². The first-order valence-corrected chi connectivity index (χ1v) is 6.21. The van der Waals surface area contributed by atoms with Crippen LogP contribution in [0.2, 0.25) is 0 Å². The zero-order valence-electron chi connectivity index (χ0n) is 9.95. The molecule has 1 atom stereocenters. The molecular formula is C13H20OS. The maximum absolute atomic E-state index is 9.89. The first-order valence-electron chi connectivity index (χ1n) is 5.40. The van der Waals surface area contributed by atoms with Crippen LogP contribution in [0.1, 0.15) is 45.8 Å². The summed E-state index contributed by atoms with van der Waals surface area (Å²) in [6.07, 6.45) is 0.429. The molecule has 1 aromatic carbocycles. The SMILES string of the molecule is CC[C@H](O)c1ccccc1SC(C)(C)C. The van der Waals surface area contributed by atoms with Crippen LogP contribution in [0.15, 0.2) is 29.2 Å². The average molecular weight is 224 g/mol. The molecule has 0 aromatic heterocycles. The Morgan fingerprint density at radius 2 is 1.87 bits per heavy atom. The zero-order valence-corrected chi connectivity index (χ0v) is 10.8. The summed E-state index contributed by atoms with van der Waals surface area (Å²) in [5, 5.41) is 9.89. The fraction of sp³-hybridized carbons (Fsp3) is 0.538. The van der Waals surface area contributed by atoms with Crippen LogP contribution in [-0.2, 0) is 0 Å². The Bertz CT molecular complexity index is 315. The fourth-order valence-corrected chi connectivity index (χ4v) is 2.53. The number of aliphatic hydroxyl groups is 1. The minimum Gasteiger partial charge on any atom is -0.388 e. The lowest BCUT2D eigenvalue weighted by molar-refractivity contribution is 0.171. The van der Waals surface area contributed by atoms with Crippen LogP contribution in [0, 0.1) is 0 Å². The van der Waals surface area contributed by atoms with E-state index in [0.29, 0.717) is 0 Å². The number of rotatable bonds is 3. The molecule has 0 spiro atoms. The molecular weight excluding hydrogens is 204 g/mol. The number of thioether (sulfide) groups is 1. The molecule has 0 saturated heterocycles. The molecule has 0 aliphatic rings. The van der Waals surface area contributed by atoms with Crippen LogP contribution in [-0.4, -0.2) is 9.85 Å². The van der Waals surface area contributed by atoms with Gasteiger partial charge in [-0.05, 0) is 18.1 Å². The third kappa shape index (κ3) is 3.88. The van der Waals surface area contributed by atoms with E-state index in [1.807, 2.05) is 36.9 Å². The lowest BCUT2D eigenvalue weighted by Gasteiger charge is -2.21. The van der Waals surface area contributed by atoms with E-state index < -0.39 is 0 Å². The molecule has 0 unspecified atom stereocenters.